The first-order valence-electron chi connectivity index (χ1n) is 35.0. The van der Waals surface area contributed by atoms with E-state index in [0.717, 1.165) is 108 Å². The van der Waals surface area contributed by atoms with Crippen molar-refractivity contribution in [2.45, 2.75) is 355 Å². The number of aliphatic hydroxyl groups excluding tert-OH is 1. The first kappa shape index (κ1) is 84.1. The van der Waals surface area contributed by atoms with Crippen molar-refractivity contribution in [1.29, 1.82) is 0 Å². The van der Waals surface area contributed by atoms with Crippen molar-refractivity contribution >= 4 is 39.5 Å². The molecule has 0 aromatic heterocycles. The molecule has 510 valence electrons. The Morgan fingerprint density at radius 2 is 0.593 bits per heavy atom. The van der Waals surface area contributed by atoms with Crippen LogP contribution in [0, 0.1) is 11.8 Å². The summed E-state index contributed by atoms with van der Waals surface area (Å²) in [5.41, 5.74) is 0. The number of phosphoric ester groups is 2. The fourth-order valence-electron chi connectivity index (χ4n) is 10.0. The molecule has 0 saturated heterocycles. The molecule has 3 unspecified atom stereocenters. The number of ether oxygens (including phenoxy) is 4. The number of rotatable bonds is 66. The van der Waals surface area contributed by atoms with E-state index < -0.39 is 97.5 Å². The van der Waals surface area contributed by atoms with Gasteiger partial charge in [0, 0.05) is 25.7 Å². The van der Waals surface area contributed by atoms with Crippen LogP contribution < -0.4 is 0 Å². The van der Waals surface area contributed by atoms with Crippen LogP contribution in [-0.2, 0) is 65.4 Å². The molecular formula is C67H130O17P2. The zero-order valence-corrected chi connectivity index (χ0v) is 57.4. The van der Waals surface area contributed by atoms with E-state index in [-0.39, 0.29) is 25.7 Å². The number of esters is 4. The van der Waals surface area contributed by atoms with Crippen molar-refractivity contribution in [1.82, 2.24) is 0 Å². The molecule has 0 fully saturated rings. The van der Waals surface area contributed by atoms with Gasteiger partial charge in [-0.25, -0.2) is 9.13 Å². The highest BCUT2D eigenvalue weighted by Crippen LogP contribution is 2.45. The van der Waals surface area contributed by atoms with Gasteiger partial charge in [0.05, 0.1) is 26.4 Å². The summed E-state index contributed by atoms with van der Waals surface area (Å²) in [5, 5.41) is 10.5. The van der Waals surface area contributed by atoms with E-state index in [9.17, 15) is 43.2 Å². The van der Waals surface area contributed by atoms with Gasteiger partial charge < -0.3 is 33.8 Å². The van der Waals surface area contributed by atoms with Gasteiger partial charge in [-0.05, 0) is 37.5 Å². The molecule has 0 aliphatic rings. The maximum atomic E-state index is 13.0. The molecule has 0 radical (unpaired) electrons. The Labute approximate surface area is 524 Å². The Morgan fingerprint density at radius 3 is 0.884 bits per heavy atom. The second-order valence-electron chi connectivity index (χ2n) is 24.9. The Morgan fingerprint density at radius 1 is 0.337 bits per heavy atom. The van der Waals surface area contributed by atoms with E-state index in [2.05, 4.69) is 41.5 Å². The molecule has 0 spiro atoms. The molecule has 0 aromatic rings. The number of carbonyl (C=O) groups is 4. The summed E-state index contributed by atoms with van der Waals surface area (Å²) in [6.07, 6.45) is 43.3. The van der Waals surface area contributed by atoms with E-state index in [1.807, 2.05) is 0 Å². The van der Waals surface area contributed by atoms with Crippen molar-refractivity contribution in [2.75, 3.05) is 39.6 Å². The van der Waals surface area contributed by atoms with Crippen LogP contribution >= 0.6 is 15.6 Å². The van der Waals surface area contributed by atoms with E-state index >= 15 is 0 Å². The molecular weight excluding hydrogens is 1140 g/mol. The summed E-state index contributed by atoms with van der Waals surface area (Å²) in [5.74, 6) is -0.566. The standard InChI is InChI=1S/C67H130O17P2/c1-7-10-12-14-15-16-17-23-26-33-39-45-51-66(71)83-62(55-77-64(69)49-43-35-13-11-8-2)57-81-85(73,74)79-53-61(68)54-80-86(75,76)82-58-63(56-78-65(70)50-44-38-32-29-28-31-37-42-48-60(6)9-3)84-67(72)52-46-40-34-27-24-21-19-18-20-22-25-30-36-41-47-59(4)5/h59-63,68H,7-58H2,1-6H3,(H,73,74)(H,75,76)/t60?,61-,62+,63+/m0/s1. The second-order valence-corrected chi connectivity index (χ2v) is 27.8. The number of hydrogen-bond donors (Lipinski definition) is 3. The monoisotopic (exact) mass is 1270 g/mol. The molecule has 0 heterocycles. The molecule has 6 atom stereocenters. The van der Waals surface area contributed by atoms with E-state index in [4.69, 9.17) is 37.0 Å². The summed E-state index contributed by atoms with van der Waals surface area (Å²) in [6, 6.07) is 0. The molecule has 0 bridgehead atoms. The molecule has 0 aromatic carbocycles. The van der Waals surface area contributed by atoms with Crippen LogP contribution in [0.15, 0.2) is 0 Å². The minimum absolute atomic E-state index is 0.106. The third-order valence-corrected chi connectivity index (χ3v) is 17.7. The normalized spacial score (nSPS) is 14.5. The molecule has 3 N–H and O–H groups in total. The smallest absolute Gasteiger partial charge is 0.462 e. The second kappa shape index (κ2) is 59.4. The highest BCUT2D eigenvalue weighted by atomic mass is 31.2. The summed E-state index contributed by atoms with van der Waals surface area (Å²) in [4.78, 5) is 72.1. The molecule has 0 saturated carbocycles. The summed E-state index contributed by atoms with van der Waals surface area (Å²) in [7, 11) is -9.88. The number of carbonyl (C=O) groups excluding carboxylic acids is 4. The topological polar surface area (TPSA) is 237 Å². The van der Waals surface area contributed by atoms with E-state index in [1.54, 1.807) is 0 Å². The predicted octanol–water partition coefficient (Wildman–Crippen LogP) is 18.8. The van der Waals surface area contributed by atoms with Crippen LogP contribution in [0.1, 0.15) is 337 Å². The lowest BCUT2D eigenvalue weighted by Gasteiger charge is -2.21. The number of aliphatic hydroxyl groups is 1. The fourth-order valence-corrected chi connectivity index (χ4v) is 11.6. The van der Waals surface area contributed by atoms with Crippen molar-refractivity contribution < 1.29 is 80.2 Å². The van der Waals surface area contributed by atoms with Gasteiger partial charge in [0.25, 0.3) is 0 Å². The molecule has 86 heavy (non-hydrogen) atoms. The van der Waals surface area contributed by atoms with Crippen LogP contribution in [0.2, 0.25) is 0 Å². The van der Waals surface area contributed by atoms with Crippen LogP contribution in [0.4, 0.5) is 0 Å². The number of phosphoric acid groups is 2. The lowest BCUT2D eigenvalue weighted by atomic mass is 9.99. The van der Waals surface area contributed by atoms with Gasteiger partial charge in [-0.3, -0.25) is 37.3 Å². The first-order valence-corrected chi connectivity index (χ1v) is 38.0. The van der Waals surface area contributed by atoms with Crippen molar-refractivity contribution in [3.05, 3.63) is 0 Å². The van der Waals surface area contributed by atoms with Gasteiger partial charge in [-0.2, -0.15) is 0 Å². The number of unbranched alkanes of at least 4 members (excludes halogenated alkanes) is 35. The minimum atomic E-state index is -4.95. The van der Waals surface area contributed by atoms with Gasteiger partial charge >= 0.3 is 39.5 Å². The maximum Gasteiger partial charge on any atom is 0.472 e. The molecule has 0 rings (SSSR count). The highest BCUT2D eigenvalue weighted by Gasteiger charge is 2.30. The Bertz CT molecular complexity index is 1690. The highest BCUT2D eigenvalue weighted by molar-refractivity contribution is 7.47. The van der Waals surface area contributed by atoms with Gasteiger partial charge in [0.1, 0.15) is 19.3 Å². The largest absolute Gasteiger partial charge is 0.472 e. The fraction of sp³-hybridized carbons (Fsp3) is 0.940. The Balaban J connectivity index is 5.16. The van der Waals surface area contributed by atoms with Gasteiger partial charge in [-0.15, -0.1) is 0 Å². The molecule has 0 aliphatic heterocycles. The van der Waals surface area contributed by atoms with E-state index in [1.165, 1.54) is 148 Å². The lowest BCUT2D eigenvalue weighted by Crippen LogP contribution is -2.30. The molecule has 17 nitrogen and oxygen atoms in total. The van der Waals surface area contributed by atoms with Crippen molar-refractivity contribution in [3.8, 4) is 0 Å². The predicted molar refractivity (Wildman–Crippen MR) is 345 cm³/mol. The third kappa shape index (κ3) is 59.7. The SMILES string of the molecule is CCCCCCCCCCCCCCC(=O)O[C@H](COC(=O)CCCCCCC)COP(=O)(O)OC[C@H](O)COP(=O)(O)OC[C@@H](COC(=O)CCCCCCCCCCC(C)CC)OC(=O)CCCCCCCCCCCCCCCCC(C)C. The van der Waals surface area contributed by atoms with E-state index in [0.29, 0.717) is 25.7 Å². The average Bonchev–Trinajstić information content (AvgIpc) is 3.66. The summed E-state index contributed by atoms with van der Waals surface area (Å²) in [6.45, 7) is 9.46. The summed E-state index contributed by atoms with van der Waals surface area (Å²) < 4.78 is 68.0. The molecule has 0 amide bonds. The molecule has 19 heteroatoms. The van der Waals surface area contributed by atoms with Gasteiger partial charge in [0.2, 0.25) is 0 Å². The minimum Gasteiger partial charge on any atom is -0.462 e. The van der Waals surface area contributed by atoms with Gasteiger partial charge in [0.15, 0.2) is 12.2 Å². The van der Waals surface area contributed by atoms with Crippen LogP contribution in [0.5, 0.6) is 0 Å². The number of hydrogen-bond acceptors (Lipinski definition) is 15. The Kier molecular flexibility index (Phi) is 58.0. The van der Waals surface area contributed by atoms with Crippen molar-refractivity contribution in [3.63, 3.8) is 0 Å². The Hall–Kier alpha value is -1.94. The third-order valence-electron chi connectivity index (χ3n) is 15.8. The zero-order chi connectivity index (χ0) is 63.6. The maximum absolute atomic E-state index is 13.0. The van der Waals surface area contributed by atoms with Crippen molar-refractivity contribution in [2.24, 2.45) is 11.8 Å². The van der Waals surface area contributed by atoms with Gasteiger partial charge in [-0.1, -0.05) is 286 Å². The zero-order valence-electron chi connectivity index (χ0n) is 55.6. The lowest BCUT2D eigenvalue weighted by molar-refractivity contribution is -0.161. The quantitative estimate of drug-likeness (QED) is 0.0222. The van der Waals surface area contributed by atoms with Crippen LogP contribution in [0.25, 0.3) is 0 Å². The molecule has 0 aliphatic carbocycles. The van der Waals surface area contributed by atoms with Crippen LogP contribution in [-0.4, -0.2) is 96.7 Å². The van der Waals surface area contributed by atoms with Crippen LogP contribution in [0.3, 0.4) is 0 Å². The average molecular weight is 1270 g/mol. The summed E-state index contributed by atoms with van der Waals surface area (Å²) >= 11 is 0. The first-order chi connectivity index (χ1) is 41.4.